The molecule has 0 bridgehead atoms. The van der Waals surface area contributed by atoms with E-state index in [4.69, 9.17) is 0 Å². The van der Waals surface area contributed by atoms with Gasteiger partial charge in [0.1, 0.15) is 5.82 Å². The molecule has 4 rings (SSSR count). The molecule has 5 heteroatoms. The van der Waals surface area contributed by atoms with Crippen LogP contribution in [0.4, 0.5) is 4.39 Å². The molecule has 1 atom stereocenters. The van der Waals surface area contributed by atoms with Crippen molar-refractivity contribution in [3.05, 3.63) is 35.6 Å². The molecule has 2 heterocycles. The highest BCUT2D eigenvalue weighted by Gasteiger charge is 2.46. The standard InChI is InChI=1S/C22H31FN2O2/c23-20-7-2-1-4-18(20)14-24-11-8-22(9-12-24)10-13-25(15-19(22)16-26)21(27)17-5-3-6-17/h1-2,4,7,17,19,26H,3,5-6,8-16H2/t19-/m1/s1. The zero-order valence-corrected chi connectivity index (χ0v) is 16.1. The van der Waals surface area contributed by atoms with Crippen LogP contribution >= 0.6 is 0 Å². The first-order chi connectivity index (χ1) is 13.1. The number of amides is 1. The van der Waals surface area contributed by atoms with Crippen LogP contribution in [0.2, 0.25) is 0 Å². The van der Waals surface area contributed by atoms with Crippen molar-refractivity contribution in [2.45, 2.75) is 45.1 Å². The summed E-state index contributed by atoms with van der Waals surface area (Å²) in [6, 6.07) is 7.01. The molecule has 3 fully saturated rings. The molecule has 3 aliphatic rings. The molecule has 1 amide bonds. The zero-order chi connectivity index (χ0) is 18.9. The molecule has 1 saturated carbocycles. The molecule has 2 saturated heterocycles. The Morgan fingerprint density at radius 2 is 1.85 bits per heavy atom. The average molecular weight is 375 g/mol. The van der Waals surface area contributed by atoms with E-state index in [9.17, 15) is 14.3 Å². The second-order valence-electron chi connectivity index (χ2n) is 8.77. The van der Waals surface area contributed by atoms with E-state index in [0.29, 0.717) is 19.0 Å². The van der Waals surface area contributed by atoms with Gasteiger partial charge in [-0.2, -0.15) is 0 Å². The number of nitrogens with zero attached hydrogens (tertiary/aromatic N) is 2. The van der Waals surface area contributed by atoms with Gasteiger partial charge >= 0.3 is 0 Å². The summed E-state index contributed by atoms with van der Waals surface area (Å²) in [4.78, 5) is 16.9. The van der Waals surface area contributed by atoms with Gasteiger partial charge in [0, 0.05) is 43.6 Å². The number of likely N-dealkylation sites (tertiary alicyclic amines) is 2. The number of hydrogen-bond donors (Lipinski definition) is 1. The van der Waals surface area contributed by atoms with Crippen LogP contribution in [0.1, 0.15) is 44.1 Å². The van der Waals surface area contributed by atoms with E-state index in [1.165, 1.54) is 12.5 Å². The Morgan fingerprint density at radius 1 is 1.15 bits per heavy atom. The van der Waals surface area contributed by atoms with Crippen molar-refractivity contribution in [1.82, 2.24) is 9.80 Å². The number of aliphatic hydroxyl groups excluding tert-OH is 1. The monoisotopic (exact) mass is 374 g/mol. The Hall–Kier alpha value is -1.46. The molecule has 0 unspecified atom stereocenters. The lowest BCUT2D eigenvalue weighted by molar-refractivity contribution is -0.145. The molecule has 0 radical (unpaired) electrons. The molecule has 1 aromatic rings. The van der Waals surface area contributed by atoms with Crippen molar-refractivity contribution in [3.63, 3.8) is 0 Å². The minimum atomic E-state index is -0.131. The predicted octanol–water partition coefficient (Wildman–Crippen LogP) is 3.05. The Kier molecular flexibility index (Phi) is 5.51. The lowest BCUT2D eigenvalue weighted by atomic mass is 9.64. The third kappa shape index (κ3) is 3.77. The number of rotatable bonds is 4. The fraction of sp³-hybridized carbons (Fsp3) is 0.682. The van der Waals surface area contributed by atoms with Crippen LogP contribution in [-0.4, -0.2) is 53.6 Å². The second-order valence-corrected chi connectivity index (χ2v) is 8.77. The van der Waals surface area contributed by atoms with Gasteiger partial charge in [-0.15, -0.1) is 0 Å². The number of aliphatic hydroxyl groups is 1. The van der Waals surface area contributed by atoms with Gasteiger partial charge < -0.3 is 10.0 Å². The van der Waals surface area contributed by atoms with Gasteiger partial charge in [0.05, 0.1) is 0 Å². The van der Waals surface area contributed by atoms with Crippen LogP contribution in [0.5, 0.6) is 0 Å². The minimum absolute atomic E-state index is 0.131. The van der Waals surface area contributed by atoms with E-state index < -0.39 is 0 Å². The Bertz CT molecular complexity index is 668. The largest absolute Gasteiger partial charge is 0.396 e. The van der Waals surface area contributed by atoms with Crippen molar-refractivity contribution in [1.29, 1.82) is 0 Å². The number of halogens is 1. The van der Waals surface area contributed by atoms with Crippen molar-refractivity contribution < 1.29 is 14.3 Å². The summed E-state index contributed by atoms with van der Waals surface area (Å²) in [6.45, 7) is 4.21. The first-order valence-corrected chi connectivity index (χ1v) is 10.5. The highest BCUT2D eigenvalue weighted by atomic mass is 19.1. The van der Waals surface area contributed by atoms with Gasteiger partial charge in [-0.25, -0.2) is 4.39 Å². The zero-order valence-electron chi connectivity index (χ0n) is 16.1. The number of carbonyl (C=O) groups excluding carboxylic acids is 1. The van der Waals surface area contributed by atoms with Crippen molar-refractivity contribution in [2.24, 2.45) is 17.3 Å². The van der Waals surface area contributed by atoms with Crippen LogP contribution in [-0.2, 0) is 11.3 Å². The van der Waals surface area contributed by atoms with Gasteiger partial charge in [-0.1, -0.05) is 24.6 Å². The number of benzene rings is 1. The maximum absolute atomic E-state index is 13.9. The summed E-state index contributed by atoms with van der Waals surface area (Å²) in [6.07, 6.45) is 6.29. The highest BCUT2D eigenvalue weighted by Crippen LogP contribution is 2.46. The smallest absolute Gasteiger partial charge is 0.225 e. The normalized spacial score (nSPS) is 26.1. The summed E-state index contributed by atoms with van der Waals surface area (Å²) in [5.41, 5.74) is 0.893. The molecule has 1 aromatic carbocycles. The third-order valence-electron chi connectivity index (χ3n) is 7.38. The van der Waals surface area contributed by atoms with Gasteiger partial charge in [-0.3, -0.25) is 9.69 Å². The van der Waals surface area contributed by atoms with Crippen molar-refractivity contribution >= 4 is 5.91 Å². The van der Waals surface area contributed by atoms with Gasteiger partial charge in [-0.05, 0) is 56.7 Å². The quantitative estimate of drug-likeness (QED) is 0.881. The van der Waals surface area contributed by atoms with Crippen LogP contribution in [0.3, 0.4) is 0 Å². The Labute approximate surface area is 161 Å². The molecule has 1 aliphatic carbocycles. The topological polar surface area (TPSA) is 43.8 Å². The Morgan fingerprint density at radius 3 is 2.48 bits per heavy atom. The van der Waals surface area contributed by atoms with Crippen LogP contribution in [0.25, 0.3) is 0 Å². The van der Waals surface area contributed by atoms with Crippen LogP contribution in [0, 0.1) is 23.1 Å². The number of piperidine rings is 2. The first-order valence-electron chi connectivity index (χ1n) is 10.5. The lowest BCUT2D eigenvalue weighted by Crippen LogP contribution is -2.55. The van der Waals surface area contributed by atoms with Gasteiger partial charge in [0.25, 0.3) is 0 Å². The van der Waals surface area contributed by atoms with E-state index in [1.54, 1.807) is 6.07 Å². The first kappa shape index (κ1) is 18.9. The maximum atomic E-state index is 13.9. The molecule has 4 nitrogen and oxygen atoms in total. The minimum Gasteiger partial charge on any atom is -0.396 e. The van der Waals surface area contributed by atoms with Gasteiger partial charge in [0.2, 0.25) is 5.91 Å². The highest BCUT2D eigenvalue weighted by molar-refractivity contribution is 5.79. The van der Waals surface area contributed by atoms with E-state index >= 15 is 0 Å². The van der Waals surface area contributed by atoms with E-state index in [-0.39, 0.29) is 29.7 Å². The fourth-order valence-corrected chi connectivity index (χ4v) is 5.16. The summed E-state index contributed by atoms with van der Waals surface area (Å²) in [5.74, 6) is 0.590. The molecule has 27 heavy (non-hydrogen) atoms. The van der Waals surface area contributed by atoms with E-state index in [1.807, 2.05) is 17.0 Å². The molecule has 1 spiro atoms. The molecule has 148 valence electrons. The van der Waals surface area contributed by atoms with E-state index in [0.717, 1.165) is 57.3 Å². The summed E-state index contributed by atoms with van der Waals surface area (Å²) < 4.78 is 13.9. The van der Waals surface area contributed by atoms with E-state index in [2.05, 4.69) is 4.90 Å². The average Bonchev–Trinajstić information content (AvgIpc) is 2.64. The van der Waals surface area contributed by atoms with Crippen LogP contribution in [0.15, 0.2) is 24.3 Å². The molecular weight excluding hydrogens is 343 g/mol. The van der Waals surface area contributed by atoms with Crippen LogP contribution < -0.4 is 0 Å². The fourth-order valence-electron chi connectivity index (χ4n) is 5.16. The van der Waals surface area contributed by atoms with Crippen molar-refractivity contribution in [2.75, 3.05) is 32.8 Å². The maximum Gasteiger partial charge on any atom is 0.225 e. The Balaban J connectivity index is 1.35. The number of hydrogen-bond acceptors (Lipinski definition) is 3. The SMILES string of the molecule is O=C(C1CCC1)N1CCC2(CCN(Cc3ccccc3F)CC2)[C@@H](CO)C1. The number of carbonyl (C=O) groups is 1. The molecule has 0 aromatic heterocycles. The summed E-state index contributed by atoms with van der Waals surface area (Å²) in [7, 11) is 0. The summed E-state index contributed by atoms with van der Waals surface area (Å²) >= 11 is 0. The van der Waals surface area contributed by atoms with Crippen molar-refractivity contribution in [3.8, 4) is 0 Å². The molecular formula is C22H31FN2O2. The molecule has 1 N–H and O–H groups in total. The van der Waals surface area contributed by atoms with Gasteiger partial charge in [0.15, 0.2) is 0 Å². The third-order valence-corrected chi connectivity index (χ3v) is 7.38. The second kappa shape index (κ2) is 7.88. The molecule has 2 aliphatic heterocycles. The predicted molar refractivity (Wildman–Crippen MR) is 102 cm³/mol. The summed E-state index contributed by atoms with van der Waals surface area (Å²) in [5, 5.41) is 10.1. The lowest BCUT2D eigenvalue weighted by Gasteiger charge is -2.52.